The number of para-hydroxylation sites is 1. The third-order valence-corrected chi connectivity index (χ3v) is 3.96. The molecule has 2 atom stereocenters. The fraction of sp³-hybridized carbons (Fsp3) is 0.467. The standard InChI is InChI=1S/C15H19NO3/c1-10-6-3-4-9-13(10)16(2)14(17)11-7-5-8-12(11)15(18)19/h3-4,6,9,11-12H,5,7-8H2,1-2H3,(H,18,19)/t11-,12+/m1/s1. The SMILES string of the molecule is Cc1ccccc1N(C)C(=O)[C@@H]1CCC[C@@H]1C(=O)O. The first kappa shape index (κ1) is 13.6. The lowest BCUT2D eigenvalue weighted by Gasteiger charge is -2.24. The molecule has 4 nitrogen and oxygen atoms in total. The van der Waals surface area contributed by atoms with Crippen molar-refractivity contribution >= 4 is 17.6 Å². The van der Waals surface area contributed by atoms with Crippen molar-refractivity contribution in [2.45, 2.75) is 26.2 Å². The summed E-state index contributed by atoms with van der Waals surface area (Å²) in [5.74, 6) is -1.85. The van der Waals surface area contributed by atoms with Gasteiger partial charge >= 0.3 is 5.97 Å². The molecule has 1 aliphatic rings. The zero-order valence-corrected chi connectivity index (χ0v) is 11.3. The summed E-state index contributed by atoms with van der Waals surface area (Å²) in [5, 5.41) is 9.17. The fourth-order valence-corrected chi connectivity index (χ4v) is 2.86. The van der Waals surface area contributed by atoms with Crippen molar-refractivity contribution in [3.05, 3.63) is 29.8 Å². The van der Waals surface area contributed by atoms with Crippen LogP contribution in [0.3, 0.4) is 0 Å². The molecule has 1 aromatic rings. The molecule has 0 bridgehead atoms. The molecule has 0 unspecified atom stereocenters. The van der Waals surface area contributed by atoms with Crippen LogP contribution in [0, 0.1) is 18.8 Å². The second-order valence-electron chi connectivity index (χ2n) is 5.17. The summed E-state index contributed by atoms with van der Waals surface area (Å²) < 4.78 is 0. The Morgan fingerprint density at radius 1 is 1.21 bits per heavy atom. The predicted octanol–water partition coefficient (Wildman–Crippen LogP) is 2.46. The summed E-state index contributed by atoms with van der Waals surface area (Å²) in [6, 6.07) is 7.64. The van der Waals surface area contributed by atoms with Crippen molar-refractivity contribution in [1.82, 2.24) is 0 Å². The van der Waals surface area contributed by atoms with Gasteiger partial charge in [0.1, 0.15) is 0 Å². The van der Waals surface area contributed by atoms with Crippen LogP contribution in [-0.2, 0) is 9.59 Å². The number of amides is 1. The Hall–Kier alpha value is -1.84. The summed E-state index contributed by atoms with van der Waals surface area (Å²) in [5.41, 5.74) is 1.87. The first-order chi connectivity index (χ1) is 9.02. The van der Waals surface area contributed by atoms with Crippen LogP contribution in [0.4, 0.5) is 5.69 Å². The Balaban J connectivity index is 2.20. The van der Waals surface area contributed by atoms with Crippen molar-refractivity contribution in [2.24, 2.45) is 11.8 Å². The van der Waals surface area contributed by atoms with E-state index >= 15 is 0 Å². The average molecular weight is 261 g/mol. The van der Waals surface area contributed by atoms with Gasteiger partial charge in [0, 0.05) is 12.7 Å². The van der Waals surface area contributed by atoms with Crippen LogP contribution in [0.25, 0.3) is 0 Å². The van der Waals surface area contributed by atoms with Crippen LogP contribution in [0.15, 0.2) is 24.3 Å². The van der Waals surface area contributed by atoms with Crippen molar-refractivity contribution in [3.8, 4) is 0 Å². The molecule has 0 aliphatic heterocycles. The van der Waals surface area contributed by atoms with E-state index in [0.717, 1.165) is 17.7 Å². The Labute approximate surface area is 113 Å². The van der Waals surface area contributed by atoms with E-state index in [0.29, 0.717) is 12.8 Å². The largest absolute Gasteiger partial charge is 0.481 e. The molecule has 0 aromatic heterocycles. The zero-order chi connectivity index (χ0) is 14.0. The van der Waals surface area contributed by atoms with E-state index in [-0.39, 0.29) is 11.8 Å². The number of aliphatic carboxylic acids is 1. The Morgan fingerprint density at radius 2 is 1.84 bits per heavy atom. The highest BCUT2D eigenvalue weighted by molar-refractivity contribution is 5.97. The van der Waals surface area contributed by atoms with Gasteiger partial charge in [-0.3, -0.25) is 9.59 Å². The van der Waals surface area contributed by atoms with Gasteiger partial charge in [0.2, 0.25) is 5.91 Å². The number of benzene rings is 1. The second-order valence-corrected chi connectivity index (χ2v) is 5.17. The van der Waals surface area contributed by atoms with Gasteiger partial charge in [-0.1, -0.05) is 24.6 Å². The van der Waals surface area contributed by atoms with E-state index < -0.39 is 11.9 Å². The number of carboxylic acid groups (broad SMARTS) is 1. The van der Waals surface area contributed by atoms with Gasteiger partial charge in [0.15, 0.2) is 0 Å². The van der Waals surface area contributed by atoms with Crippen LogP contribution in [0.2, 0.25) is 0 Å². The molecule has 102 valence electrons. The summed E-state index contributed by atoms with van der Waals surface area (Å²) in [6.07, 6.45) is 2.09. The Kier molecular flexibility index (Phi) is 3.88. The maximum Gasteiger partial charge on any atom is 0.307 e. The number of hydrogen-bond acceptors (Lipinski definition) is 2. The molecule has 0 spiro atoms. The van der Waals surface area contributed by atoms with Crippen molar-refractivity contribution in [2.75, 3.05) is 11.9 Å². The topological polar surface area (TPSA) is 57.6 Å². The molecule has 0 saturated heterocycles. The Bertz CT molecular complexity index is 498. The van der Waals surface area contributed by atoms with Crippen molar-refractivity contribution < 1.29 is 14.7 Å². The van der Waals surface area contributed by atoms with Crippen LogP contribution < -0.4 is 4.90 Å². The second kappa shape index (κ2) is 5.43. The molecule has 1 N–H and O–H groups in total. The molecule has 2 rings (SSSR count). The van der Waals surface area contributed by atoms with Gasteiger partial charge in [-0.05, 0) is 31.4 Å². The molecule has 0 radical (unpaired) electrons. The first-order valence-electron chi connectivity index (χ1n) is 6.58. The minimum atomic E-state index is -0.853. The number of nitrogens with zero attached hydrogens (tertiary/aromatic N) is 1. The van der Waals surface area contributed by atoms with Crippen LogP contribution in [0.5, 0.6) is 0 Å². The number of aryl methyl sites for hydroxylation is 1. The molecule has 19 heavy (non-hydrogen) atoms. The molecule has 1 aliphatic carbocycles. The highest BCUT2D eigenvalue weighted by Gasteiger charge is 2.39. The van der Waals surface area contributed by atoms with Gasteiger partial charge in [-0.25, -0.2) is 0 Å². The van der Waals surface area contributed by atoms with E-state index in [4.69, 9.17) is 5.11 Å². The van der Waals surface area contributed by atoms with Crippen LogP contribution in [-0.4, -0.2) is 24.0 Å². The van der Waals surface area contributed by atoms with E-state index in [1.807, 2.05) is 31.2 Å². The maximum absolute atomic E-state index is 12.5. The number of carbonyl (C=O) groups is 2. The molecular formula is C15H19NO3. The highest BCUT2D eigenvalue weighted by atomic mass is 16.4. The summed E-state index contributed by atoms with van der Waals surface area (Å²) in [6.45, 7) is 1.95. The minimum absolute atomic E-state index is 0.0841. The number of anilines is 1. The molecule has 0 heterocycles. The summed E-state index contributed by atoms with van der Waals surface area (Å²) >= 11 is 0. The minimum Gasteiger partial charge on any atom is -0.481 e. The van der Waals surface area contributed by atoms with Gasteiger partial charge < -0.3 is 10.0 Å². The Morgan fingerprint density at radius 3 is 2.47 bits per heavy atom. The smallest absolute Gasteiger partial charge is 0.307 e. The molecule has 1 fully saturated rings. The monoisotopic (exact) mass is 261 g/mol. The van der Waals surface area contributed by atoms with Crippen LogP contribution in [0.1, 0.15) is 24.8 Å². The van der Waals surface area contributed by atoms with E-state index in [1.54, 1.807) is 11.9 Å². The lowest BCUT2D eigenvalue weighted by atomic mass is 9.94. The lowest BCUT2D eigenvalue weighted by molar-refractivity contribution is -0.145. The van der Waals surface area contributed by atoms with Crippen molar-refractivity contribution in [3.63, 3.8) is 0 Å². The fourth-order valence-electron chi connectivity index (χ4n) is 2.86. The molecule has 1 saturated carbocycles. The first-order valence-corrected chi connectivity index (χ1v) is 6.58. The predicted molar refractivity (Wildman–Crippen MR) is 73.1 cm³/mol. The van der Waals surface area contributed by atoms with Gasteiger partial charge in [0.05, 0.1) is 11.8 Å². The average Bonchev–Trinajstić information content (AvgIpc) is 2.87. The quantitative estimate of drug-likeness (QED) is 0.909. The molecule has 1 aromatic carbocycles. The van der Waals surface area contributed by atoms with Crippen LogP contribution >= 0.6 is 0 Å². The maximum atomic E-state index is 12.5. The van der Waals surface area contributed by atoms with E-state index in [1.165, 1.54) is 0 Å². The molecule has 1 amide bonds. The third-order valence-electron chi connectivity index (χ3n) is 3.96. The van der Waals surface area contributed by atoms with E-state index in [9.17, 15) is 9.59 Å². The zero-order valence-electron chi connectivity index (χ0n) is 11.3. The normalized spacial score (nSPS) is 22.2. The summed E-state index contributed by atoms with van der Waals surface area (Å²) in [7, 11) is 1.72. The van der Waals surface area contributed by atoms with Gasteiger partial charge in [-0.15, -0.1) is 0 Å². The number of hydrogen-bond donors (Lipinski definition) is 1. The highest BCUT2D eigenvalue weighted by Crippen LogP contribution is 2.34. The van der Waals surface area contributed by atoms with Gasteiger partial charge in [-0.2, -0.15) is 0 Å². The van der Waals surface area contributed by atoms with E-state index in [2.05, 4.69) is 0 Å². The third kappa shape index (κ3) is 2.62. The van der Waals surface area contributed by atoms with Crippen molar-refractivity contribution in [1.29, 1.82) is 0 Å². The number of rotatable bonds is 3. The number of carbonyl (C=O) groups excluding carboxylic acids is 1. The molecular weight excluding hydrogens is 242 g/mol. The van der Waals surface area contributed by atoms with Gasteiger partial charge in [0.25, 0.3) is 0 Å². The lowest BCUT2D eigenvalue weighted by Crippen LogP contribution is -2.37. The summed E-state index contributed by atoms with van der Waals surface area (Å²) in [4.78, 5) is 25.2. The number of carboxylic acids is 1. The molecule has 4 heteroatoms.